The highest BCUT2D eigenvalue weighted by Gasteiger charge is 1.57. The molecule has 0 bridgehead atoms. The Morgan fingerprint density at radius 2 is 0.778 bits per heavy atom. The van der Waals surface area contributed by atoms with E-state index in [1.54, 1.807) is 0 Å². The lowest BCUT2D eigenvalue weighted by molar-refractivity contribution is 0.448. The maximum Gasteiger partial charge on any atom is 0.482 e. The van der Waals surface area contributed by atoms with Crippen LogP contribution in [0.1, 0.15) is 0 Å². The third-order valence-electron chi connectivity index (χ3n) is 0.667. The molecule has 0 saturated carbocycles. The molecule has 2 N–H and O–H groups in total. The lowest BCUT2D eigenvalue weighted by atomic mass is 10.4. The van der Waals surface area contributed by atoms with E-state index in [4.69, 9.17) is 10.0 Å². The maximum atomic E-state index is 7.00. The van der Waals surface area contributed by atoms with E-state index in [1.807, 2.05) is 36.4 Å². The van der Waals surface area contributed by atoms with Gasteiger partial charge in [0.15, 0.2) is 0 Å². The van der Waals surface area contributed by atoms with Crippen molar-refractivity contribution in [2.75, 3.05) is 0 Å². The van der Waals surface area contributed by atoms with Crippen LogP contribution in [0.25, 0.3) is 0 Å². The molecule has 1 aromatic carbocycles. The van der Waals surface area contributed by atoms with Crippen molar-refractivity contribution >= 4 is 7.69 Å². The number of hydrogen-bond donors (Lipinski definition) is 2. The first-order chi connectivity index (χ1) is 4.41. The molecule has 0 amide bonds. The molecule has 0 atom stereocenters. The van der Waals surface area contributed by atoms with Gasteiger partial charge in [-0.05, 0) is 0 Å². The summed E-state index contributed by atoms with van der Waals surface area (Å²) in [5.74, 6) is 0. The van der Waals surface area contributed by atoms with Crippen LogP contribution >= 0.6 is 0 Å². The predicted octanol–water partition coefficient (Wildman–Crippen LogP) is 0.192. The number of benzene rings is 1. The van der Waals surface area contributed by atoms with Crippen molar-refractivity contribution in [3.05, 3.63) is 36.4 Å². The van der Waals surface area contributed by atoms with Crippen molar-refractivity contribution in [1.29, 1.82) is 0 Å². The van der Waals surface area contributed by atoms with E-state index in [2.05, 4.69) is 0 Å². The average molecular weight is 123 g/mol. The molecule has 9 heavy (non-hydrogen) atoms. The summed E-state index contributed by atoms with van der Waals surface area (Å²) in [6, 6.07) is 12.0. The molecular formula is C6H8BO2. The molecule has 0 saturated heterocycles. The first kappa shape index (κ1) is 8.20. The fourth-order valence-corrected chi connectivity index (χ4v) is 0.385. The van der Waals surface area contributed by atoms with E-state index >= 15 is 0 Å². The van der Waals surface area contributed by atoms with Crippen molar-refractivity contribution in [3.8, 4) is 0 Å². The lowest BCUT2D eigenvalue weighted by Crippen LogP contribution is -1.75. The highest BCUT2D eigenvalue weighted by molar-refractivity contribution is 6.13. The Labute approximate surface area is 55.1 Å². The van der Waals surface area contributed by atoms with Gasteiger partial charge in [0.1, 0.15) is 0 Å². The van der Waals surface area contributed by atoms with Crippen LogP contribution in [0.15, 0.2) is 36.4 Å². The van der Waals surface area contributed by atoms with E-state index in [0.717, 1.165) is 0 Å². The zero-order valence-corrected chi connectivity index (χ0v) is 4.94. The van der Waals surface area contributed by atoms with E-state index in [1.165, 1.54) is 0 Å². The molecule has 0 aliphatic carbocycles. The summed E-state index contributed by atoms with van der Waals surface area (Å²) in [6.45, 7) is 0. The molecule has 0 unspecified atom stereocenters. The molecule has 1 radical (unpaired) electrons. The van der Waals surface area contributed by atoms with Crippen molar-refractivity contribution in [1.82, 2.24) is 0 Å². The lowest BCUT2D eigenvalue weighted by Gasteiger charge is -1.69. The highest BCUT2D eigenvalue weighted by atomic mass is 16.4. The maximum absolute atomic E-state index is 7.00. The van der Waals surface area contributed by atoms with Gasteiger partial charge >= 0.3 is 7.69 Å². The fourth-order valence-electron chi connectivity index (χ4n) is 0.385. The van der Waals surface area contributed by atoms with Crippen LogP contribution in [0.3, 0.4) is 0 Å². The minimum atomic E-state index is 0. The van der Waals surface area contributed by atoms with Gasteiger partial charge in [0.25, 0.3) is 0 Å². The van der Waals surface area contributed by atoms with Gasteiger partial charge < -0.3 is 10.0 Å². The Morgan fingerprint density at radius 1 is 0.667 bits per heavy atom. The zero-order valence-electron chi connectivity index (χ0n) is 4.94. The molecular weight excluding hydrogens is 115 g/mol. The van der Waals surface area contributed by atoms with Gasteiger partial charge in [-0.15, -0.1) is 0 Å². The van der Waals surface area contributed by atoms with Crippen LogP contribution in [-0.2, 0) is 0 Å². The second-order valence-corrected chi connectivity index (χ2v) is 1.27. The van der Waals surface area contributed by atoms with Gasteiger partial charge in [-0.3, -0.25) is 0 Å². The molecule has 1 rings (SSSR count). The van der Waals surface area contributed by atoms with E-state index < -0.39 is 0 Å². The Bertz CT molecular complexity index is 93.9. The van der Waals surface area contributed by atoms with Crippen LogP contribution in [0.4, 0.5) is 0 Å². The van der Waals surface area contributed by atoms with E-state index in [9.17, 15) is 0 Å². The molecule has 0 aliphatic rings. The normalized spacial score (nSPS) is 6.89. The molecule has 0 heterocycles. The quantitative estimate of drug-likeness (QED) is 0.483. The standard InChI is InChI=1S/C6H6.BH2O2/c1-2-4-6-5-3-1;2-1-3/h1-6H;2-3H. The van der Waals surface area contributed by atoms with Crippen LogP contribution in [0.2, 0.25) is 0 Å². The van der Waals surface area contributed by atoms with Crippen molar-refractivity contribution in [2.24, 2.45) is 0 Å². The summed E-state index contributed by atoms with van der Waals surface area (Å²) in [5.41, 5.74) is 0. The molecule has 0 aromatic heterocycles. The summed E-state index contributed by atoms with van der Waals surface area (Å²) in [7, 11) is 0. The monoisotopic (exact) mass is 123 g/mol. The fraction of sp³-hybridized carbons (Fsp3) is 0. The van der Waals surface area contributed by atoms with Gasteiger partial charge in [0, 0.05) is 0 Å². The van der Waals surface area contributed by atoms with Crippen LogP contribution < -0.4 is 0 Å². The second kappa shape index (κ2) is 7.20. The van der Waals surface area contributed by atoms with E-state index in [0.29, 0.717) is 0 Å². The Kier molecular flexibility index (Phi) is 6.57. The minimum Gasteiger partial charge on any atom is -0.429 e. The smallest absolute Gasteiger partial charge is 0.429 e. The van der Waals surface area contributed by atoms with Gasteiger partial charge in [-0.25, -0.2) is 0 Å². The Hall–Kier alpha value is -0.795. The number of rotatable bonds is 0. The average Bonchev–Trinajstić information content (AvgIpc) is 1.93. The summed E-state index contributed by atoms with van der Waals surface area (Å²) < 4.78 is 0. The third-order valence-corrected chi connectivity index (χ3v) is 0.667. The topological polar surface area (TPSA) is 40.5 Å². The van der Waals surface area contributed by atoms with Crippen LogP contribution in [0.5, 0.6) is 0 Å². The minimum absolute atomic E-state index is 0. The summed E-state index contributed by atoms with van der Waals surface area (Å²) in [4.78, 5) is 0. The first-order valence-corrected chi connectivity index (χ1v) is 2.52. The molecule has 47 valence electrons. The molecule has 0 fully saturated rings. The Morgan fingerprint density at radius 3 is 0.889 bits per heavy atom. The van der Waals surface area contributed by atoms with Crippen molar-refractivity contribution in [2.45, 2.75) is 0 Å². The van der Waals surface area contributed by atoms with Gasteiger partial charge in [-0.2, -0.15) is 0 Å². The number of hydrogen-bond acceptors (Lipinski definition) is 2. The molecule has 1 aromatic rings. The largest absolute Gasteiger partial charge is 0.482 e. The molecule has 2 nitrogen and oxygen atoms in total. The van der Waals surface area contributed by atoms with Crippen molar-refractivity contribution in [3.63, 3.8) is 0 Å². The third kappa shape index (κ3) is 7.20. The summed E-state index contributed by atoms with van der Waals surface area (Å²) in [6.07, 6.45) is 0. The zero-order chi connectivity index (χ0) is 6.95. The molecule has 3 heteroatoms. The Balaban J connectivity index is 0.000000187. The van der Waals surface area contributed by atoms with Gasteiger partial charge in [0.2, 0.25) is 0 Å². The SMILES string of the molecule is O[B]O.c1ccccc1. The second-order valence-electron chi connectivity index (χ2n) is 1.27. The van der Waals surface area contributed by atoms with Gasteiger partial charge in [0.05, 0.1) is 0 Å². The van der Waals surface area contributed by atoms with Gasteiger partial charge in [-0.1, -0.05) is 36.4 Å². The highest BCUT2D eigenvalue weighted by Crippen LogP contribution is 1.79. The summed E-state index contributed by atoms with van der Waals surface area (Å²) in [5, 5.41) is 14.0. The summed E-state index contributed by atoms with van der Waals surface area (Å²) >= 11 is 0. The van der Waals surface area contributed by atoms with Crippen LogP contribution in [-0.4, -0.2) is 17.7 Å². The van der Waals surface area contributed by atoms with E-state index in [-0.39, 0.29) is 7.69 Å². The van der Waals surface area contributed by atoms with Crippen LogP contribution in [0, 0.1) is 0 Å². The van der Waals surface area contributed by atoms with Crippen molar-refractivity contribution < 1.29 is 10.0 Å². The predicted molar refractivity (Wildman–Crippen MR) is 36.6 cm³/mol. The molecule has 0 spiro atoms. The first-order valence-electron chi connectivity index (χ1n) is 2.52. The molecule has 0 aliphatic heterocycles.